The van der Waals surface area contributed by atoms with E-state index in [1.165, 1.54) is 11.3 Å². The van der Waals surface area contributed by atoms with Crippen molar-refractivity contribution in [2.45, 2.75) is 24.0 Å². The first kappa shape index (κ1) is 16.9. The van der Waals surface area contributed by atoms with Crippen LogP contribution in [0.4, 0.5) is 0 Å². The van der Waals surface area contributed by atoms with Crippen LogP contribution in [-0.2, 0) is 14.8 Å². The van der Waals surface area contributed by atoms with Gasteiger partial charge >= 0.3 is 0 Å². The molecule has 1 N–H and O–H groups in total. The van der Waals surface area contributed by atoms with Crippen molar-refractivity contribution in [3.63, 3.8) is 0 Å². The van der Waals surface area contributed by atoms with Gasteiger partial charge in [0.2, 0.25) is 10.0 Å². The van der Waals surface area contributed by atoms with E-state index in [1.54, 1.807) is 13.2 Å². The monoisotopic (exact) mass is 332 g/mol. The molecular weight excluding hydrogens is 308 g/mol. The lowest BCUT2D eigenvalue weighted by atomic mass is 9.97. The van der Waals surface area contributed by atoms with Crippen LogP contribution in [0, 0.1) is 12.8 Å². The average molecular weight is 332 g/mol. The van der Waals surface area contributed by atoms with Crippen molar-refractivity contribution < 1.29 is 13.2 Å². The molecule has 0 aliphatic carbocycles. The third-order valence-electron chi connectivity index (χ3n) is 3.86. The highest BCUT2D eigenvalue weighted by Crippen LogP contribution is 2.21. The van der Waals surface area contributed by atoms with Gasteiger partial charge in [0.15, 0.2) is 0 Å². The Kier molecular flexibility index (Phi) is 6.19. The molecule has 0 radical (unpaired) electrons. The van der Waals surface area contributed by atoms with E-state index in [0.29, 0.717) is 16.7 Å². The number of ether oxygens (including phenoxy) is 1. The molecule has 0 aromatic carbocycles. The third kappa shape index (κ3) is 5.03. The van der Waals surface area contributed by atoms with Crippen LogP contribution < -0.4 is 4.72 Å². The summed E-state index contributed by atoms with van der Waals surface area (Å²) in [6, 6.07) is 3.52. The van der Waals surface area contributed by atoms with E-state index in [4.69, 9.17) is 4.74 Å². The summed E-state index contributed by atoms with van der Waals surface area (Å²) in [6.07, 6.45) is 2.07. The molecule has 0 unspecified atom stereocenters. The molecule has 5 nitrogen and oxygen atoms in total. The number of hydrogen-bond donors (Lipinski definition) is 1. The van der Waals surface area contributed by atoms with Gasteiger partial charge in [-0.15, -0.1) is 11.3 Å². The van der Waals surface area contributed by atoms with Crippen molar-refractivity contribution in [2.75, 3.05) is 39.9 Å². The molecule has 1 aliphatic rings. The predicted octanol–water partition coefficient (Wildman–Crippen LogP) is 1.69. The summed E-state index contributed by atoms with van der Waals surface area (Å²) in [5, 5.41) is 0. The Morgan fingerprint density at radius 1 is 1.38 bits per heavy atom. The van der Waals surface area contributed by atoms with Gasteiger partial charge in [0.25, 0.3) is 0 Å². The van der Waals surface area contributed by atoms with Gasteiger partial charge in [-0.05, 0) is 50.9 Å². The lowest BCUT2D eigenvalue weighted by molar-refractivity contribution is 0.121. The summed E-state index contributed by atoms with van der Waals surface area (Å²) >= 11 is 1.32. The normalized spacial score (nSPS) is 18.2. The zero-order valence-corrected chi connectivity index (χ0v) is 14.3. The Morgan fingerprint density at radius 2 is 2.10 bits per heavy atom. The first-order chi connectivity index (χ1) is 10.0. The number of methoxy groups -OCH3 is 1. The molecule has 0 spiro atoms. The fourth-order valence-corrected chi connectivity index (χ4v) is 4.93. The zero-order chi connectivity index (χ0) is 15.3. The minimum Gasteiger partial charge on any atom is -0.383 e. The number of rotatable bonds is 7. The molecule has 0 bridgehead atoms. The van der Waals surface area contributed by atoms with E-state index in [2.05, 4.69) is 9.62 Å². The number of hydrogen-bond acceptors (Lipinski definition) is 5. The van der Waals surface area contributed by atoms with Gasteiger partial charge in [-0.25, -0.2) is 13.1 Å². The van der Waals surface area contributed by atoms with Gasteiger partial charge in [0.1, 0.15) is 4.21 Å². The Bertz CT molecular complexity index is 534. The molecule has 21 heavy (non-hydrogen) atoms. The van der Waals surface area contributed by atoms with Crippen LogP contribution in [0.2, 0.25) is 0 Å². The van der Waals surface area contributed by atoms with E-state index in [1.807, 2.05) is 13.0 Å². The Morgan fingerprint density at radius 3 is 2.67 bits per heavy atom. The number of nitrogens with zero attached hydrogens (tertiary/aromatic N) is 1. The van der Waals surface area contributed by atoms with Crippen molar-refractivity contribution in [1.82, 2.24) is 9.62 Å². The minimum absolute atomic E-state index is 0.414. The number of piperidine rings is 1. The average Bonchev–Trinajstić information content (AvgIpc) is 2.91. The van der Waals surface area contributed by atoms with Gasteiger partial charge in [0, 0.05) is 25.1 Å². The quantitative estimate of drug-likeness (QED) is 0.825. The second-order valence-electron chi connectivity index (χ2n) is 5.49. The molecule has 1 aromatic rings. The summed E-state index contributed by atoms with van der Waals surface area (Å²) in [5.41, 5.74) is 0. The van der Waals surface area contributed by atoms with Crippen molar-refractivity contribution in [1.29, 1.82) is 0 Å². The van der Waals surface area contributed by atoms with Crippen LogP contribution in [-0.4, -0.2) is 53.2 Å². The molecular formula is C14H24N2O3S2. The van der Waals surface area contributed by atoms with Gasteiger partial charge in [-0.2, -0.15) is 0 Å². The fourth-order valence-electron chi connectivity index (χ4n) is 2.49. The molecule has 1 saturated heterocycles. The topological polar surface area (TPSA) is 58.6 Å². The molecule has 7 heteroatoms. The van der Waals surface area contributed by atoms with Crippen LogP contribution in [0.5, 0.6) is 0 Å². The number of thiophene rings is 1. The van der Waals surface area contributed by atoms with Crippen molar-refractivity contribution in [3.8, 4) is 0 Å². The smallest absolute Gasteiger partial charge is 0.250 e. The maximum atomic E-state index is 12.2. The van der Waals surface area contributed by atoms with Crippen molar-refractivity contribution in [2.24, 2.45) is 5.92 Å². The molecule has 2 heterocycles. The zero-order valence-electron chi connectivity index (χ0n) is 12.7. The summed E-state index contributed by atoms with van der Waals surface area (Å²) in [6.45, 7) is 6.22. The predicted molar refractivity (Wildman–Crippen MR) is 85.3 cm³/mol. The Balaban J connectivity index is 1.77. The highest BCUT2D eigenvalue weighted by atomic mass is 32.2. The highest BCUT2D eigenvalue weighted by Gasteiger charge is 2.22. The van der Waals surface area contributed by atoms with Crippen LogP contribution in [0.25, 0.3) is 0 Å². The Hall–Kier alpha value is -0.470. The van der Waals surface area contributed by atoms with E-state index in [0.717, 1.165) is 44.0 Å². The highest BCUT2D eigenvalue weighted by molar-refractivity contribution is 7.91. The van der Waals surface area contributed by atoms with E-state index < -0.39 is 10.0 Å². The summed E-state index contributed by atoms with van der Waals surface area (Å²) in [5.74, 6) is 0.430. The van der Waals surface area contributed by atoms with Crippen LogP contribution >= 0.6 is 11.3 Å². The number of sulfonamides is 1. The molecule has 0 saturated carbocycles. The largest absolute Gasteiger partial charge is 0.383 e. The van der Waals surface area contributed by atoms with Crippen LogP contribution in [0.3, 0.4) is 0 Å². The molecule has 1 aromatic heterocycles. The molecule has 2 rings (SSSR count). The molecule has 0 amide bonds. The lowest BCUT2D eigenvalue weighted by Gasteiger charge is -2.31. The second kappa shape index (κ2) is 7.69. The number of nitrogens with one attached hydrogen (secondary N) is 1. The second-order valence-corrected chi connectivity index (χ2v) is 8.78. The fraction of sp³-hybridized carbons (Fsp3) is 0.714. The lowest BCUT2D eigenvalue weighted by Crippen LogP contribution is -2.39. The summed E-state index contributed by atoms with van der Waals surface area (Å²) in [4.78, 5) is 3.39. The van der Waals surface area contributed by atoms with E-state index in [9.17, 15) is 8.42 Å². The maximum Gasteiger partial charge on any atom is 0.250 e. The van der Waals surface area contributed by atoms with Gasteiger partial charge in [0.05, 0.1) is 6.61 Å². The molecule has 1 fully saturated rings. The van der Waals surface area contributed by atoms with Crippen molar-refractivity contribution in [3.05, 3.63) is 17.0 Å². The summed E-state index contributed by atoms with van der Waals surface area (Å²) in [7, 11) is -1.62. The maximum absolute atomic E-state index is 12.2. The third-order valence-corrected chi connectivity index (χ3v) is 6.78. The molecule has 1 aliphatic heterocycles. The first-order valence-electron chi connectivity index (χ1n) is 7.28. The standard InChI is InChI=1S/C14H24N2O3S2/c1-12-3-4-14(20-12)21(17,18)15-11-13-5-7-16(8-6-13)9-10-19-2/h3-4,13,15H,5-11H2,1-2H3. The first-order valence-corrected chi connectivity index (χ1v) is 9.58. The Labute approximate surface area is 131 Å². The van der Waals surface area contributed by atoms with Gasteiger partial charge in [-0.3, -0.25) is 0 Å². The SMILES string of the molecule is COCCN1CCC(CNS(=O)(=O)c2ccc(C)s2)CC1. The minimum atomic E-state index is -3.33. The summed E-state index contributed by atoms with van der Waals surface area (Å²) < 4.78 is 32.6. The van der Waals surface area contributed by atoms with Crippen LogP contribution in [0.1, 0.15) is 17.7 Å². The van der Waals surface area contributed by atoms with Crippen molar-refractivity contribution >= 4 is 21.4 Å². The number of aryl methyl sites for hydroxylation is 1. The number of likely N-dealkylation sites (tertiary alicyclic amines) is 1. The van der Waals surface area contributed by atoms with Gasteiger partial charge in [-0.1, -0.05) is 0 Å². The van der Waals surface area contributed by atoms with Gasteiger partial charge < -0.3 is 9.64 Å². The van der Waals surface area contributed by atoms with E-state index in [-0.39, 0.29) is 0 Å². The molecule has 0 atom stereocenters. The van der Waals surface area contributed by atoms with E-state index >= 15 is 0 Å². The molecule has 120 valence electrons. The van der Waals surface area contributed by atoms with Crippen LogP contribution in [0.15, 0.2) is 16.3 Å².